The molecule has 0 aliphatic heterocycles. The van der Waals surface area contributed by atoms with E-state index in [1.54, 1.807) is 0 Å². The van der Waals surface area contributed by atoms with Gasteiger partial charge in [0.1, 0.15) is 23.2 Å². The number of anilines is 1. The van der Waals surface area contributed by atoms with Crippen LogP contribution in [0.4, 0.5) is 5.82 Å². The summed E-state index contributed by atoms with van der Waals surface area (Å²) in [5, 5.41) is 9.69. The van der Waals surface area contributed by atoms with E-state index in [0.29, 0.717) is 11.5 Å². The quantitative estimate of drug-likeness (QED) is 0.353. The second kappa shape index (κ2) is 11.3. The first-order valence-corrected chi connectivity index (χ1v) is 11.5. The smallest absolute Gasteiger partial charge is 0.142 e. The van der Waals surface area contributed by atoms with Crippen LogP contribution in [0.25, 0.3) is 22.4 Å². The Morgan fingerprint density at radius 1 is 0.969 bits per heavy atom. The molecule has 0 saturated heterocycles. The Morgan fingerprint density at radius 3 is 2.28 bits per heavy atom. The largest absolute Gasteiger partial charge is 0.494 e. The maximum Gasteiger partial charge on any atom is 0.142 e. The lowest BCUT2D eigenvalue weighted by Gasteiger charge is -2.12. The predicted molar refractivity (Wildman–Crippen MR) is 132 cm³/mol. The van der Waals surface area contributed by atoms with E-state index < -0.39 is 0 Å². The predicted octanol–water partition coefficient (Wildman–Crippen LogP) is 7.03. The molecule has 0 amide bonds. The molecule has 1 aromatic heterocycles. The number of nitrogen functional groups attached to an aromatic ring is 1. The van der Waals surface area contributed by atoms with Crippen molar-refractivity contribution in [1.29, 1.82) is 5.26 Å². The minimum absolute atomic E-state index is 0.252. The van der Waals surface area contributed by atoms with Crippen molar-refractivity contribution in [3.63, 3.8) is 0 Å². The molecular weight excluding hydrogens is 394 g/mol. The lowest BCUT2D eigenvalue weighted by Crippen LogP contribution is -2.00. The zero-order valence-electron chi connectivity index (χ0n) is 19.4. The van der Waals surface area contributed by atoms with Crippen molar-refractivity contribution in [2.75, 3.05) is 12.3 Å². The van der Waals surface area contributed by atoms with Crippen LogP contribution >= 0.6 is 0 Å². The van der Waals surface area contributed by atoms with Crippen molar-refractivity contribution in [2.45, 2.75) is 52.9 Å². The molecule has 3 rings (SSSR count). The Kier molecular flexibility index (Phi) is 8.27. The normalized spacial score (nSPS) is 10.8. The molecule has 4 nitrogen and oxygen atoms in total. The van der Waals surface area contributed by atoms with Crippen LogP contribution in [-0.4, -0.2) is 11.6 Å². The summed E-state index contributed by atoms with van der Waals surface area (Å²) >= 11 is 0. The molecule has 0 radical (unpaired) electrons. The highest BCUT2D eigenvalue weighted by Gasteiger charge is 2.14. The van der Waals surface area contributed by atoms with Gasteiger partial charge in [0.15, 0.2) is 0 Å². The summed E-state index contributed by atoms with van der Waals surface area (Å²) in [5.41, 5.74) is 11.3. The highest BCUT2D eigenvalue weighted by Crippen LogP contribution is 2.32. The van der Waals surface area contributed by atoms with Crippen molar-refractivity contribution in [2.24, 2.45) is 5.92 Å². The third-order valence-corrected chi connectivity index (χ3v) is 5.48. The third kappa shape index (κ3) is 6.11. The van der Waals surface area contributed by atoms with E-state index in [1.165, 1.54) is 24.8 Å². The zero-order chi connectivity index (χ0) is 22.9. The number of aromatic nitrogens is 1. The van der Waals surface area contributed by atoms with E-state index in [-0.39, 0.29) is 5.82 Å². The maximum atomic E-state index is 9.69. The fourth-order valence-electron chi connectivity index (χ4n) is 3.79. The van der Waals surface area contributed by atoms with Crippen LogP contribution < -0.4 is 10.5 Å². The van der Waals surface area contributed by atoms with E-state index in [1.807, 2.05) is 30.3 Å². The fourth-order valence-corrected chi connectivity index (χ4v) is 3.79. The molecule has 2 N–H and O–H groups in total. The highest BCUT2D eigenvalue weighted by atomic mass is 16.5. The molecule has 32 heavy (non-hydrogen) atoms. The average Bonchev–Trinajstić information content (AvgIpc) is 2.79. The number of hydrogen-bond acceptors (Lipinski definition) is 4. The molecule has 166 valence electrons. The van der Waals surface area contributed by atoms with Crippen molar-refractivity contribution < 1.29 is 4.74 Å². The molecule has 0 atom stereocenters. The van der Waals surface area contributed by atoms with Crippen LogP contribution in [0.1, 0.15) is 57.6 Å². The minimum Gasteiger partial charge on any atom is -0.494 e. The molecular formula is C28H33N3O. The molecule has 0 fully saturated rings. The first kappa shape index (κ1) is 23.3. The van der Waals surface area contributed by atoms with Gasteiger partial charge < -0.3 is 10.5 Å². The summed E-state index contributed by atoms with van der Waals surface area (Å²) in [6, 6.07) is 20.5. The first-order chi connectivity index (χ1) is 15.5. The van der Waals surface area contributed by atoms with Gasteiger partial charge in [-0.15, -0.1) is 0 Å². The lowest BCUT2D eigenvalue weighted by atomic mass is 9.97. The van der Waals surface area contributed by atoms with Gasteiger partial charge in [-0.25, -0.2) is 4.98 Å². The van der Waals surface area contributed by atoms with Crippen molar-refractivity contribution in [3.8, 4) is 34.2 Å². The molecule has 0 unspecified atom stereocenters. The van der Waals surface area contributed by atoms with Crippen LogP contribution in [0.15, 0.2) is 54.6 Å². The molecule has 0 bridgehead atoms. The maximum absolute atomic E-state index is 9.69. The molecule has 4 heteroatoms. The molecule has 0 saturated carbocycles. The highest BCUT2D eigenvalue weighted by molar-refractivity contribution is 5.80. The van der Waals surface area contributed by atoms with Gasteiger partial charge in [-0.2, -0.15) is 5.26 Å². The Balaban J connectivity index is 1.83. The number of unbranched alkanes of at least 4 members (excludes halogenated alkanes) is 3. The van der Waals surface area contributed by atoms with Crippen molar-refractivity contribution in [3.05, 3.63) is 65.7 Å². The van der Waals surface area contributed by atoms with Gasteiger partial charge in [0.25, 0.3) is 0 Å². The van der Waals surface area contributed by atoms with Gasteiger partial charge in [0.05, 0.1) is 12.3 Å². The molecule has 0 spiro atoms. The number of nitriles is 1. The van der Waals surface area contributed by atoms with Gasteiger partial charge in [0.2, 0.25) is 0 Å². The Hall–Kier alpha value is -3.32. The Labute approximate surface area is 192 Å². The molecule has 0 aliphatic rings. The van der Waals surface area contributed by atoms with Gasteiger partial charge in [0, 0.05) is 11.1 Å². The lowest BCUT2D eigenvalue weighted by molar-refractivity contribution is 0.305. The van der Waals surface area contributed by atoms with Crippen molar-refractivity contribution >= 4 is 5.82 Å². The van der Waals surface area contributed by atoms with Gasteiger partial charge in [-0.3, -0.25) is 0 Å². The Bertz CT molecular complexity index is 1050. The summed E-state index contributed by atoms with van der Waals surface area (Å²) < 4.78 is 5.85. The SMILES string of the molecule is CCCCCCOc1ccc(-c2cc(-c3ccc(CC(C)C)cc3)nc(N)c2C#N)cc1. The number of nitrogens with zero attached hydrogens (tertiary/aromatic N) is 2. The molecule has 3 aromatic rings. The topological polar surface area (TPSA) is 71.9 Å². The number of nitrogens with two attached hydrogens (primary N) is 1. The standard InChI is InChI=1S/C28H33N3O/c1-4-5-6-7-16-32-24-14-12-22(13-15-24)25-18-27(31-28(30)26(25)19-29)23-10-8-21(9-11-23)17-20(2)3/h8-15,18,20H,4-7,16-17H2,1-3H3,(H2,30,31). The number of benzene rings is 2. The Morgan fingerprint density at radius 2 is 1.66 bits per heavy atom. The van der Waals surface area contributed by atoms with E-state index in [4.69, 9.17) is 10.5 Å². The first-order valence-electron chi connectivity index (χ1n) is 11.5. The van der Waals surface area contributed by atoms with Crippen LogP contribution in [0, 0.1) is 17.2 Å². The third-order valence-electron chi connectivity index (χ3n) is 5.48. The second-order valence-corrected chi connectivity index (χ2v) is 8.66. The van der Waals surface area contributed by atoms with E-state index in [0.717, 1.165) is 47.6 Å². The van der Waals surface area contributed by atoms with E-state index in [9.17, 15) is 5.26 Å². The van der Waals surface area contributed by atoms with E-state index in [2.05, 4.69) is 56.1 Å². The molecule has 0 aliphatic carbocycles. The number of hydrogen-bond donors (Lipinski definition) is 1. The summed E-state index contributed by atoms with van der Waals surface area (Å²) in [6.45, 7) is 7.36. The van der Waals surface area contributed by atoms with Gasteiger partial charge in [-0.1, -0.05) is 76.4 Å². The van der Waals surface area contributed by atoms with Crippen LogP contribution in [0.3, 0.4) is 0 Å². The molecule has 2 aromatic carbocycles. The molecule has 1 heterocycles. The number of ether oxygens (including phenoxy) is 1. The summed E-state index contributed by atoms with van der Waals surface area (Å²) in [6.07, 6.45) is 5.76. The van der Waals surface area contributed by atoms with Gasteiger partial charge in [-0.05, 0) is 48.1 Å². The summed E-state index contributed by atoms with van der Waals surface area (Å²) in [5.74, 6) is 1.70. The van der Waals surface area contributed by atoms with Crippen molar-refractivity contribution in [1.82, 2.24) is 4.98 Å². The van der Waals surface area contributed by atoms with Crippen LogP contribution in [0.5, 0.6) is 5.75 Å². The second-order valence-electron chi connectivity index (χ2n) is 8.66. The monoisotopic (exact) mass is 427 g/mol. The average molecular weight is 428 g/mol. The summed E-state index contributed by atoms with van der Waals surface area (Å²) in [4.78, 5) is 4.50. The van der Waals surface area contributed by atoms with Crippen LogP contribution in [0.2, 0.25) is 0 Å². The van der Waals surface area contributed by atoms with E-state index >= 15 is 0 Å². The van der Waals surface area contributed by atoms with Gasteiger partial charge >= 0.3 is 0 Å². The number of rotatable bonds is 10. The fraction of sp³-hybridized carbons (Fsp3) is 0.357. The minimum atomic E-state index is 0.252. The number of pyridine rings is 1. The zero-order valence-corrected chi connectivity index (χ0v) is 19.4. The summed E-state index contributed by atoms with van der Waals surface area (Å²) in [7, 11) is 0. The van der Waals surface area contributed by atoms with Crippen LogP contribution in [-0.2, 0) is 6.42 Å².